The molecule has 1 amide bonds. The molecule has 7 aliphatic rings. The number of aliphatic hydroxyl groups excluding tert-OH is 3. The normalized spacial score (nSPS) is 38.5. The van der Waals surface area contributed by atoms with Crippen molar-refractivity contribution in [2.45, 2.75) is 225 Å². The van der Waals surface area contributed by atoms with Gasteiger partial charge in [0.15, 0.2) is 11.6 Å². The van der Waals surface area contributed by atoms with Crippen molar-refractivity contribution in [3.05, 3.63) is 46.6 Å². The van der Waals surface area contributed by atoms with Crippen molar-refractivity contribution in [3.63, 3.8) is 0 Å². The number of fused-ring (bicyclic) bond motifs is 2. The number of nitrogens with one attached hydrogen (secondary N) is 2. The van der Waals surface area contributed by atoms with Gasteiger partial charge >= 0.3 is 0 Å². The molecule has 10 heteroatoms. The number of carbonyl (C=O) groups excluding carboxylic acids is 3. The molecule has 6 unspecified atom stereocenters. The molecule has 0 aromatic carbocycles. The van der Waals surface area contributed by atoms with Gasteiger partial charge in [0.25, 0.3) is 0 Å². The van der Waals surface area contributed by atoms with Crippen LogP contribution in [0, 0.1) is 112 Å². The highest BCUT2D eigenvalue weighted by molar-refractivity contribution is 6.05. The molecule has 5 saturated carbocycles. The SMILES string of the molecule is CC(C)(C)CCC1(CO)CCC(C2(C)CCC3C(C)(C)C(=O)C(C#N)=CC3(C)/C2=C/CO)CC1.CNCC1CCC(CNC(=O)C2(CCC(C)(C)C)CCC(C3(C)CCC4C(C)(C)C(=O)C(C#N)=CC4(C)/C3=C/CO)CC2)CC1. The third-order valence-corrected chi connectivity index (χ3v) is 23.2. The molecule has 0 radical (unpaired) electrons. The van der Waals surface area contributed by atoms with E-state index in [1.165, 1.54) is 36.8 Å². The minimum absolute atomic E-state index is 0.0230. The van der Waals surface area contributed by atoms with Crippen LogP contribution in [0.15, 0.2) is 46.6 Å². The first-order chi connectivity index (χ1) is 36.7. The summed E-state index contributed by atoms with van der Waals surface area (Å²) in [6.45, 7) is 32.8. The van der Waals surface area contributed by atoms with E-state index in [4.69, 9.17) is 0 Å². The van der Waals surface area contributed by atoms with Gasteiger partial charge < -0.3 is 26.0 Å². The number of Topliss-reactive ketones (excluding diaryl/α,β-unsaturated/α-hetero) is 2. The number of nitrogens with zero attached hydrogens (tertiary/aromatic N) is 2. The molecule has 5 N–H and O–H groups in total. The zero-order valence-electron chi connectivity index (χ0n) is 52.4. The van der Waals surface area contributed by atoms with Crippen LogP contribution in [0.25, 0.3) is 0 Å². The Morgan fingerprint density at radius 3 is 1.35 bits per heavy atom. The fourth-order valence-corrected chi connectivity index (χ4v) is 18.1. The first-order valence-electron chi connectivity index (χ1n) is 31.3. The van der Waals surface area contributed by atoms with Crippen LogP contribution in [0.1, 0.15) is 225 Å². The minimum Gasteiger partial charge on any atom is -0.396 e. The maximum atomic E-state index is 14.2. The summed E-state index contributed by atoms with van der Waals surface area (Å²) in [6, 6.07) is 4.38. The first-order valence-corrected chi connectivity index (χ1v) is 31.3. The smallest absolute Gasteiger partial charge is 0.226 e. The lowest BCUT2D eigenvalue weighted by molar-refractivity contribution is -0.136. The van der Waals surface area contributed by atoms with Crippen molar-refractivity contribution in [2.24, 2.45) is 89.7 Å². The van der Waals surface area contributed by atoms with Crippen LogP contribution in [0.3, 0.4) is 0 Å². The number of ketones is 2. The lowest BCUT2D eigenvalue weighted by Gasteiger charge is -2.60. The number of amides is 1. The standard InChI is InChI=1S/C39H63N3O3.C30H47NO3/c1-35(2,3)20-21-39(34(45)42-26-28-11-9-27(10-12-28)25-41-8)18-13-30(14-19-39)37(6)17-15-31-36(4,5)33(44)29(24-40)23-38(31,7)32(37)16-22-43;1-26(2,3)15-16-30(20-33)13-8-22(9-14-30)28(6)12-10-23-27(4,5)25(34)21(19-31)18-29(23,7)24(28)11-17-32/h16,23,27-28,30-31,41,43H,9-15,17-22,25-26H2,1-8H3,(H,42,45);11,18,22-23,32-33H,8-10,12-17,20H2,1-7H3/b32-16+;24-11+. The molecule has 0 aliphatic heterocycles. The van der Waals surface area contributed by atoms with Crippen LogP contribution in [0.5, 0.6) is 0 Å². The Morgan fingerprint density at radius 2 is 0.987 bits per heavy atom. The molecule has 0 aromatic heterocycles. The molecule has 7 aliphatic carbocycles. The van der Waals surface area contributed by atoms with E-state index in [9.17, 15) is 40.2 Å². The molecule has 0 bridgehead atoms. The van der Waals surface area contributed by atoms with Gasteiger partial charge in [-0.1, -0.05) is 132 Å². The van der Waals surface area contributed by atoms with Crippen LogP contribution in [-0.4, -0.2) is 72.8 Å². The van der Waals surface area contributed by atoms with Gasteiger partial charge in [-0.25, -0.2) is 0 Å². The van der Waals surface area contributed by atoms with Crippen molar-refractivity contribution in [1.29, 1.82) is 10.5 Å². The Bertz CT molecular complexity index is 2410. The molecule has 7 rings (SSSR count). The highest BCUT2D eigenvalue weighted by Crippen LogP contribution is 2.68. The van der Waals surface area contributed by atoms with Crippen LogP contribution < -0.4 is 10.6 Å². The van der Waals surface area contributed by atoms with Gasteiger partial charge in [-0.3, -0.25) is 14.4 Å². The lowest BCUT2D eigenvalue weighted by atomic mass is 9.43. The van der Waals surface area contributed by atoms with Crippen LogP contribution >= 0.6 is 0 Å². The van der Waals surface area contributed by atoms with Crippen LogP contribution in [-0.2, 0) is 14.4 Å². The van der Waals surface area contributed by atoms with Gasteiger partial charge in [-0.2, -0.15) is 10.5 Å². The van der Waals surface area contributed by atoms with E-state index >= 15 is 0 Å². The van der Waals surface area contributed by atoms with E-state index in [1.54, 1.807) is 0 Å². The van der Waals surface area contributed by atoms with E-state index in [1.807, 2.05) is 59.0 Å². The monoisotopic (exact) mass is 1090 g/mol. The predicted molar refractivity (Wildman–Crippen MR) is 319 cm³/mol. The number of aliphatic hydroxyl groups is 3. The fraction of sp³-hybridized carbons (Fsp3) is 0.812. The average Bonchev–Trinajstić information content (AvgIpc) is 3.59. The molecule has 0 aromatic rings. The van der Waals surface area contributed by atoms with Crippen molar-refractivity contribution in [2.75, 3.05) is 40.0 Å². The van der Waals surface area contributed by atoms with E-state index in [0.29, 0.717) is 17.8 Å². The average molecular weight is 1090 g/mol. The summed E-state index contributed by atoms with van der Waals surface area (Å²) >= 11 is 0. The largest absolute Gasteiger partial charge is 0.396 e. The summed E-state index contributed by atoms with van der Waals surface area (Å²) in [7, 11) is 2.04. The number of allylic oxidation sites excluding steroid dienone is 6. The maximum absolute atomic E-state index is 14.2. The quantitative estimate of drug-likeness (QED) is 0.106. The highest BCUT2D eigenvalue weighted by Gasteiger charge is 2.62. The summed E-state index contributed by atoms with van der Waals surface area (Å²) in [6.07, 6.45) is 28.6. The number of hydrogen-bond donors (Lipinski definition) is 5. The molecule has 442 valence electrons. The molecular formula is C69H110N4O6. The molecule has 5 fully saturated rings. The number of hydrogen-bond acceptors (Lipinski definition) is 9. The molecule has 0 heterocycles. The molecule has 6 atom stereocenters. The van der Waals surface area contributed by atoms with Gasteiger partial charge in [-0.05, 0) is 205 Å². The summed E-state index contributed by atoms with van der Waals surface area (Å²) < 4.78 is 0. The van der Waals surface area contributed by atoms with E-state index < -0.39 is 21.7 Å². The van der Waals surface area contributed by atoms with Crippen LogP contribution in [0.4, 0.5) is 0 Å². The first kappa shape index (κ1) is 64.8. The second kappa shape index (κ2) is 24.4. The van der Waals surface area contributed by atoms with Crippen molar-refractivity contribution in [1.82, 2.24) is 10.6 Å². The molecule has 79 heavy (non-hydrogen) atoms. The lowest BCUT2D eigenvalue weighted by Crippen LogP contribution is -2.55. The molecule has 0 saturated heterocycles. The van der Waals surface area contributed by atoms with Gasteiger partial charge in [0.05, 0.1) is 24.4 Å². The fourth-order valence-electron chi connectivity index (χ4n) is 18.1. The Kier molecular flexibility index (Phi) is 20.0. The van der Waals surface area contributed by atoms with Crippen molar-refractivity contribution >= 4 is 17.5 Å². The van der Waals surface area contributed by atoms with Crippen LogP contribution in [0.2, 0.25) is 0 Å². The van der Waals surface area contributed by atoms with Crippen molar-refractivity contribution in [3.8, 4) is 12.1 Å². The second-order valence-corrected chi connectivity index (χ2v) is 31.4. The number of carbonyl (C=O) groups is 3. The molecule has 10 nitrogen and oxygen atoms in total. The highest BCUT2D eigenvalue weighted by atomic mass is 16.3. The Balaban J connectivity index is 0.000000265. The zero-order chi connectivity index (χ0) is 58.8. The Hall–Kier alpha value is -3.41. The van der Waals surface area contributed by atoms with Gasteiger partial charge in [0.2, 0.25) is 5.91 Å². The van der Waals surface area contributed by atoms with E-state index in [2.05, 4.69) is 92.0 Å². The van der Waals surface area contributed by atoms with Gasteiger partial charge in [0, 0.05) is 40.2 Å². The third-order valence-electron chi connectivity index (χ3n) is 23.2. The van der Waals surface area contributed by atoms with Gasteiger partial charge in [-0.15, -0.1) is 0 Å². The summed E-state index contributed by atoms with van der Waals surface area (Å²) in [5.74, 6) is 2.55. The predicted octanol–water partition coefficient (Wildman–Crippen LogP) is 13.9. The maximum Gasteiger partial charge on any atom is 0.226 e. The second-order valence-electron chi connectivity index (χ2n) is 31.4. The van der Waals surface area contributed by atoms with Gasteiger partial charge in [0.1, 0.15) is 12.1 Å². The summed E-state index contributed by atoms with van der Waals surface area (Å²) in [5, 5.41) is 57.2. The van der Waals surface area contributed by atoms with E-state index in [0.717, 1.165) is 122 Å². The zero-order valence-corrected chi connectivity index (χ0v) is 52.4. The number of rotatable bonds is 14. The molecular weight excluding hydrogens is 981 g/mol. The summed E-state index contributed by atoms with van der Waals surface area (Å²) in [4.78, 5) is 40.5. The van der Waals surface area contributed by atoms with E-state index in [-0.39, 0.29) is 92.8 Å². The topological polar surface area (TPSA) is 184 Å². The minimum atomic E-state index is -0.636. The molecule has 0 spiro atoms. The Morgan fingerprint density at radius 1 is 0.595 bits per heavy atom. The van der Waals surface area contributed by atoms with Crippen molar-refractivity contribution < 1.29 is 29.7 Å². The number of nitriles is 2. The summed E-state index contributed by atoms with van der Waals surface area (Å²) in [5.41, 5.74) is 0.660. The Labute approximate surface area is 480 Å². The third kappa shape index (κ3) is 13.0.